The fraction of sp³-hybridized carbons (Fsp3) is 0.308. The fourth-order valence-electron chi connectivity index (χ4n) is 5.62. The maximum absolute atomic E-state index is 14.3. The average molecular weight is 792 g/mol. The van der Waals surface area contributed by atoms with E-state index in [9.17, 15) is 29.1 Å². The van der Waals surface area contributed by atoms with Crippen LogP contribution in [0, 0.1) is 10.8 Å². The highest BCUT2D eigenvalue weighted by molar-refractivity contribution is 6.10. The highest BCUT2D eigenvalue weighted by Crippen LogP contribution is 2.29. The lowest BCUT2D eigenvalue weighted by atomic mass is 9.97. The van der Waals surface area contributed by atoms with Crippen molar-refractivity contribution < 1.29 is 38.6 Å². The van der Waals surface area contributed by atoms with Gasteiger partial charge in [-0.3, -0.25) is 19.2 Å². The van der Waals surface area contributed by atoms with Crippen molar-refractivity contribution >= 4 is 46.3 Å². The molecule has 0 unspecified atom stereocenters. The Morgan fingerprint density at radius 3 is 1.86 bits per heavy atom. The van der Waals surface area contributed by atoms with Gasteiger partial charge in [-0.15, -0.1) is 10.2 Å². The molecule has 4 N–H and O–H groups in total. The number of ether oxygens (including phenoxy) is 2. The van der Waals surface area contributed by atoms with E-state index < -0.39 is 46.6 Å². The van der Waals surface area contributed by atoms with Gasteiger partial charge in [0.05, 0.1) is 22.0 Å². The van der Waals surface area contributed by atoms with Crippen molar-refractivity contribution in [3.63, 3.8) is 0 Å². The molecule has 6 rings (SSSR count). The Morgan fingerprint density at radius 2 is 1.33 bits per heavy atom. The Hall–Kier alpha value is -7.31. The van der Waals surface area contributed by atoms with Crippen LogP contribution in [0.3, 0.4) is 0 Å². The van der Waals surface area contributed by atoms with Gasteiger partial charge >= 0.3 is 17.9 Å². The van der Waals surface area contributed by atoms with Crippen molar-refractivity contribution in [3.05, 3.63) is 89.6 Å². The number of benzene rings is 3. The SMILES string of the molecule is CC(C)(C)C(=O)OCn1nnnc1-c1cc(NC(=O)[C@H](Cc2ccccc2)NC(=O)c2cc3cc[nH]c3cc2C(=O)O)cc(-c2nnnn2COC(=O)C(C)(C)C)c1. The number of anilines is 1. The third-order valence-electron chi connectivity index (χ3n) is 8.71. The Labute approximate surface area is 331 Å². The van der Waals surface area contributed by atoms with Gasteiger partial charge in [0, 0.05) is 40.3 Å². The zero-order valence-electron chi connectivity index (χ0n) is 32.5. The number of aromatic amines is 1. The predicted molar refractivity (Wildman–Crippen MR) is 206 cm³/mol. The van der Waals surface area contributed by atoms with Crippen molar-refractivity contribution in [2.75, 3.05) is 5.32 Å². The molecular weight excluding hydrogens is 750 g/mol. The number of carboxylic acids is 1. The van der Waals surface area contributed by atoms with Crippen molar-refractivity contribution in [2.24, 2.45) is 10.8 Å². The molecule has 0 aliphatic heterocycles. The molecule has 0 aliphatic rings. The number of esters is 2. The molecule has 3 heterocycles. The van der Waals surface area contributed by atoms with Gasteiger partial charge < -0.3 is 30.2 Å². The van der Waals surface area contributed by atoms with Crippen molar-refractivity contribution in [3.8, 4) is 22.8 Å². The monoisotopic (exact) mass is 791 g/mol. The lowest BCUT2D eigenvalue weighted by Gasteiger charge is -2.20. The van der Waals surface area contributed by atoms with Crippen LogP contribution in [0.4, 0.5) is 5.69 Å². The van der Waals surface area contributed by atoms with E-state index >= 15 is 0 Å². The van der Waals surface area contributed by atoms with Gasteiger partial charge in [0.15, 0.2) is 25.1 Å². The number of H-pyrrole nitrogens is 1. The first-order chi connectivity index (χ1) is 27.5. The molecule has 3 aromatic heterocycles. The molecule has 0 saturated carbocycles. The van der Waals surface area contributed by atoms with Crippen LogP contribution >= 0.6 is 0 Å². The lowest BCUT2D eigenvalue weighted by molar-refractivity contribution is -0.158. The number of nitrogens with one attached hydrogen (secondary N) is 3. The number of aromatic nitrogens is 9. The molecule has 0 spiro atoms. The van der Waals surface area contributed by atoms with Crippen LogP contribution < -0.4 is 10.6 Å². The first-order valence-electron chi connectivity index (χ1n) is 18.0. The molecule has 0 fully saturated rings. The second-order valence-corrected chi connectivity index (χ2v) is 15.4. The van der Waals surface area contributed by atoms with E-state index in [4.69, 9.17) is 9.47 Å². The van der Waals surface area contributed by atoms with Gasteiger partial charge in [-0.1, -0.05) is 30.3 Å². The third-order valence-corrected chi connectivity index (χ3v) is 8.71. The summed E-state index contributed by atoms with van der Waals surface area (Å²) in [6.45, 7) is 9.57. The van der Waals surface area contributed by atoms with Crippen LogP contribution in [0.15, 0.2) is 72.9 Å². The molecule has 6 aromatic rings. The van der Waals surface area contributed by atoms with E-state index in [0.717, 1.165) is 0 Å². The zero-order chi connectivity index (χ0) is 41.8. The van der Waals surface area contributed by atoms with E-state index in [1.54, 1.807) is 96.3 Å². The minimum atomic E-state index is -1.32. The quantitative estimate of drug-likeness (QED) is 0.119. The standard InChI is InChI=1S/C39H41N11O8/c1-38(2,3)36(55)57-20-49-31(43-45-47-49)24-15-25(32-44-46-48-50(32)21-58-37(56)39(4,5)6)17-26(16-24)41-34(52)30(14-22-10-8-7-9-11-22)42-33(51)27-18-23-12-13-40-29(23)19-28(27)35(53)54/h7-13,15-19,30,40H,14,20-21H2,1-6H3,(H,41,52)(H,42,51)(H,53,54)/t30-/m0/s1. The largest absolute Gasteiger partial charge is 0.478 e. The molecule has 300 valence electrons. The number of aromatic carboxylic acids is 1. The van der Waals surface area contributed by atoms with Gasteiger partial charge in [0.1, 0.15) is 6.04 Å². The summed E-state index contributed by atoms with van der Waals surface area (Å²) in [5.41, 5.74) is 0.120. The minimum absolute atomic E-state index is 0.0363. The maximum Gasteiger partial charge on any atom is 0.336 e. The first kappa shape index (κ1) is 40.4. The fourth-order valence-corrected chi connectivity index (χ4v) is 5.62. The summed E-state index contributed by atoms with van der Waals surface area (Å²) in [5, 5.41) is 40.0. The lowest BCUT2D eigenvalue weighted by Crippen LogP contribution is -2.45. The number of rotatable bonds is 13. The number of amides is 2. The Kier molecular flexibility index (Phi) is 11.4. The van der Waals surface area contributed by atoms with Gasteiger partial charge in [-0.2, -0.15) is 9.36 Å². The summed E-state index contributed by atoms with van der Waals surface area (Å²) < 4.78 is 13.4. The van der Waals surface area contributed by atoms with Crippen LogP contribution in [0.1, 0.15) is 67.8 Å². The predicted octanol–water partition coefficient (Wildman–Crippen LogP) is 4.25. The molecule has 58 heavy (non-hydrogen) atoms. The van der Waals surface area contributed by atoms with Crippen molar-refractivity contribution in [1.82, 2.24) is 50.7 Å². The molecule has 0 bridgehead atoms. The second-order valence-electron chi connectivity index (χ2n) is 15.4. The van der Waals surface area contributed by atoms with Gasteiger partial charge in [0.25, 0.3) is 5.91 Å². The highest BCUT2D eigenvalue weighted by Gasteiger charge is 2.28. The van der Waals surface area contributed by atoms with E-state index in [2.05, 4.69) is 46.7 Å². The average Bonchev–Trinajstić information content (AvgIpc) is 3.96. The molecule has 0 aliphatic carbocycles. The van der Waals surface area contributed by atoms with E-state index in [1.165, 1.54) is 21.5 Å². The summed E-state index contributed by atoms with van der Waals surface area (Å²) in [4.78, 5) is 68.5. The highest BCUT2D eigenvalue weighted by atomic mass is 16.6. The Bertz CT molecular complexity index is 2410. The van der Waals surface area contributed by atoms with E-state index in [-0.39, 0.29) is 48.3 Å². The summed E-state index contributed by atoms with van der Waals surface area (Å²) >= 11 is 0. The normalized spacial score (nSPS) is 12.2. The maximum atomic E-state index is 14.3. The molecule has 0 radical (unpaired) electrons. The third kappa shape index (κ3) is 9.37. The summed E-state index contributed by atoms with van der Waals surface area (Å²) in [6.07, 6.45) is 1.66. The smallest absolute Gasteiger partial charge is 0.336 e. The number of fused-ring (bicyclic) bond motifs is 1. The molecule has 2 amide bonds. The Morgan fingerprint density at radius 1 is 0.759 bits per heavy atom. The van der Waals surface area contributed by atoms with Crippen molar-refractivity contribution in [2.45, 2.75) is 67.5 Å². The Balaban J connectivity index is 1.37. The number of hydrogen-bond acceptors (Lipinski definition) is 13. The minimum Gasteiger partial charge on any atom is -0.478 e. The number of carboxylic acid groups (broad SMARTS) is 1. The number of carbonyl (C=O) groups is 5. The second kappa shape index (κ2) is 16.4. The van der Waals surface area contributed by atoms with E-state index in [1.807, 2.05) is 6.07 Å². The summed E-state index contributed by atoms with van der Waals surface area (Å²) in [5.74, 6) is -3.44. The molecular formula is C39H41N11O8. The van der Waals surface area contributed by atoms with Crippen LogP contribution in [0.2, 0.25) is 0 Å². The molecule has 19 nitrogen and oxygen atoms in total. The number of carbonyl (C=O) groups excluding carboxylic acids is 4. The van der Waals surface area contributed by atoms with Crippen molar-refractivity contribution in [1.29, 1.82) is 0 Å². The molecule has 1 atom stereocenters. The topological polar surface area (TPSA) is 251 Å². The molecule has 19 heteroatoms. The van der Waals surface area contributed by atoms with Gasteiger partial charge in [-0.25, -0.2) is 4.79 Å². The van der Waals surface area contributed by atoms with Crippen LogP contribution in [-0.2, 0) is 43.7 Å². The number of tetrazole rings is 2. The van der Waals surface area contributed by atoms with E-state index in [0.29, 0.717) is 27.6 Å². The van der Waals surface area contributed by atoms with Crippen LogP contribution in [0.25, 0.3) is 33.7 Å². The summed E-state index contributed by atoms with van der Waals surface area (Å²) in [7, 11) is 0. The number of hydrogen-bond donors (Lipinski definition) is 4. The molecule has 3 aromatic carbocycles. The molecule has 0 saturated heterocycles. The van der Waals surface area contributed by atoms with Gasteiger partial charge in [0.2, 0.25) is 5.91 Å². The van der Waals surface area contributed by atoms with Gasteiger partial charge in [-0.05, 0) is 104 Å². The summed E-state index contributed by atoms with van der Waals surface area (Å²) in [6, 6.07) is 17.0. The zero-order valence-corrected chi connectivity index (χ0v) is 32.5. The first-order valence-corrected chi connectivity index (χ1v) is 18.0. The number of nitrogens with zero attached hydrogens (tertiary/aromatic N) is 8. The van der Waals surface area contributed by atoms with Crippen LogP contribution in [0.5, 0.6) is 0 Å². The van der Waals surface area contributed by atoms with Crippen LogP contribution in [-0.4, -0.2) is 86.3 Å².